The lowest BCUT2D eigenvalue weighted by molar-refractivity contribution is 0.0521. The standard InChI is InChI=1S/C13H21N3O2/c1-4-9-15-10(12(17)18-5-2)11(14)16(9)8-13(3)6-7-13/h4-8,14H2,1-3H3. The summed E-state index contributed by atoms with van der Waals surface area (Å²) in [5.41, 5.74) is 6.63. The van der Waals surface area contributed by atoms with Gasteiger partial charge in [0.05, 0.1) is 6.61 Å². The fourth-order valence-electron chi connectivity index (χ4n) is 2.06. The van der Waals surface area contributed by atoms with E-state index in [1.807, 2.05) is 11.5 Å². The number of carbonyl (C=O) groups excluding carboxylic acids is 1. The lowest BCUT2D eigenvalue weighted by Crippen LogP contribution is -2.14. The molecule has 0 aromatic carbocycles. The van der Waals surface area contributed by atoms with Crippen molar-refractivity contribution >= 4 is 11.8 Å². The Morgan fingerprint density at radius 3 is 2.67 bits per heavy atom. The fourth-order valence-corrected chi connectivity index (χ4v) is 2.06. The summed E-state index contributed by atoms with van der Waals surface area (Å²) in [6.45, 7) is 7.20. The van der Waals surface area contributed by atoms with Gasteiger partial charge in [0.15, 0.2) is 5.69 Å². The molecule has 0 spiro atoms. The minimum atomic E-state index is -0.426. The molecule has 0 bridgehead atoms. The van der Waals surface area contributed by atoms with Gasteiger partial charge in [0.2, 0.25) is 0 Å². The van der Waals surface area contributed by atoms with E-state index in [0.29, 0.717) is 17.8 Å². The number of nitrogens with two attached hydrogens (primary N) is 1. The van der Waals surface area contributed by atoms with Crippen LogP contribution in [0.4, 0.5) is 5.82 Å². The second-order valence-corrected chi connectivity index (χ2v) is 5.23. The zero-order valence-corrected chi connectivity index (χ0v) is 11.3. The van der Waals surface area contributed by atoms with E-state index in [1.54, 1.807) is 6.92 Å². The summed E-state index contributed by atoms with van der Waals surface area (Å²) >= 11 is 0. The zero-order valence-electron chi connectivity index (χ0n) is 11.3. The number of anilines is 1. The molecule has 18 heavy (non-hydrogen) atoms. The Hall–Kier alpha value is -1.52. The summed E-state index contributed by atoms with van der Waals surface area (Å²) in [6, 6.07) is 0. The lowest BCUT2D eigenvalue weighted by atomic mass is 10.1. The van der Waals surface area contributed by atoms with Crippen LogP contribution in [0.1, 0.15) is 49.9 Å². The maximum atomic E-state index is 11.8. The fraction of sp³-hybridized carbons (Fsp3) is 0.692. The van der Waals surface area contributed by atoms with Crippen LogP contribution in [0.25, 0.3) is 0 Å². The molecule has 0 radical (unpaired) electrons. The van der Waals surface area contributed by atoms with E-state index >= 15 is 0 Å². The average molecular weight is 251 g/mol. The Labute approximate surface area is 107 Å². The Balaban J connectivity index is 2.30. The molecule has 0 atom stereocenters. The quantitative estimate of drug-likeness (QED) is 0.813. The Kier molecular flexibility index (Phi) is 3.32. The number of nitrogens with zero attached hydrogens (tertiary/aromatic N) is 2. The number of carbonyl (C=O) groups is 1. The number of hydrogen-bond acceptors (Lipinski definition) is 4. The normalized spacial score (nSPS) is 16.6. The molecule has 1 aliphatic rings. The summed E-state index contributed by atoms with van der Waals surface area (Å²) in [5, 5.41) is 0. The average Bonchev–Trinajstić information content (AvgIpc) is 2.97. The largest absolute Gasteiger partial charge is 0.461 e. The van der Waals surface area contributed by atoms with Crippen molar-refractivity contribution in [1.82, 2.24) is 9.55 Å². The van der Waals surface area contributed by atoms with Gasteiger partial charge in [-0.05, 0) is 25.2 Å². The van der Waals surface area contributed by atoms with Crippen LogP contribution in [-0.2, 0) is 17.7 Å². The van der Waals surface area contributed by atoms with Crippen LogP contribution in [0, 0.1) is 5.41 Å². The minimum absolute atomic E-state index is 0.262. The molecule has 1 aromatic rings. The van der Waals surface area contributed by atoms with Crippen LogP contribution in [0.3, 0.4) is 0 Å². The highest BCUT2D eigenvalue weighted by Gasteiger charge is 2.39. The molecule has 1 saturated carbocycles. The summed E-state index contributed by atoms with van der Waals surface area (Å²) < 4.78 is 6.94. The van der Waals surface area contributed by atoms with Crippen LogP contribution in [0.15, 0.2) is 0 Å². The highest BCUT2D eigenvalue weighted by atomic mass is 16.5. The third kappa shape index (κ3) is 2.35. The Bertz CT molecular complexity index is 461. The van der Waals surface area contributed by atoms with Crippen LogP contribution in [0.2, 0.25) is 0 Å². The van der Waals surface area contributed by atoms with Crippen molar-refractivity contribution in [3.63, 3.8) is 0 Å². The van der Waals surface area contributed by atoms with Gasteiger partial charge in [0.25, 0.3) is 0 Å². The minimum Gasteiger partial charge on any atom is -0.461 e. The molecule has 2 N–H and O–H groups in total. The van der Waals surface area contributed by atoms with Crippen molar-refractivity contribution in [2.24, 2.45) is 5.41 Å². The van der Waals surface area contributed by atoms with E-state index in [-0.39, 0.29) is 5.69 Å². The molecule has 5 heteroatoms. The molecule has 1 heterocycles. The molecule has 1 aromatic heterocycles. The van der Waals surface area contributed by atoms with Gasteiger partial charge in [-0.25, -0.2) is 9.78 Å². The van der Waals surface area contributed by atoms with Gasteiger partial charge in [0.1, 0.15) is 11.6 Å². The van der Waals surface area contributed by atoms with Crippen LogP contribution in [0.5, 0.6) is 0 Å². The van der Waals surface area contributed by atoms with Gasteiger partial charge in [0, 0.05) is 13.0 Å². The smallest absolute Gasteiger partial charge is 0.360 e. The summed E-state index contributed by atoms with van der Waals surface area (Å²) in [5.74, 6) is 0.881. The van der Waals surface area contributed by atoms with E-state index in [4.69, 9.17) is 10.5 Å². The number of hydrogen-bond donors (Lipinski definition) is 1. The van der Waals surface area contributed by atoms with E-state index in [0.717, 1.165) is 18.8 Å². The van der Waals surface area contributed by atoms with Gasteiger partial charge in [-0.15, -0.1) is 0 Å². The monoisotopic (exact) mass is 251 g/mol. The Morgan fingerprint density at radius 1 is 1.50 bits per heavy atom. The summed E-state index contributed by atoms with van der Waals surface area (Å²) in [7, 11) is 0. The highest BCUT2D eigenvalue weighted by Crippen LogP contribution is 2.47. The first-order valence-corrected chi connectivity index (χ1v) is 6.52. The first-order chi connectivity index (χ1) is 8.50. The van der Waals surface area contributed by atoms with Crippen molar-refractivity contribution in [2.75, 3.05) is 12.3 Å². The maximum absolute atomic E-state index is 11.8. The van der Waals surface area contributed by atoms with Gasteiger partial charge in [-0.3, -0.25) is 0 Å². The van der Waals surface area contributed by atoms with Gasteiger partial charge in [-0.1, -0.05) is 13.8 Å². The summed E-state index contributed by atoms with van der Waals surface area (Å²) in [4.78, 5) is 16.1. The summed E-state index contributed by atoms with van der Waals surface area (Å²) in [6.07, 6.45) is 3.19. The number of aryl methyl sites for hydroxylation is 1. The van der Waals surface area contributed by atoms with E-state index in [9.17, 15) is 4.79 Å². The van der Waals surface area contributed by atoms with Crippen LogP contribution >= 0.6 is 0 Å². The molecular formula is C13H21N3O2. The number of ether oxygens (including phenoxy) is 1. The van der Waals surface area contributed by atoms with E-state index in [1.165, 1.54) is 12.8 Å². The van der Waals surface area contributed by atoms with Crippen LogP contribution < -0.4 is 5.73 Å². The molecule has 1 aliphatic carbocycles. The molecule has 2 rings (SSSR count). The molecule has 0 amide bonds. The SMILES string of the molecule is CCOC(=O)c1nc(CC)n(CC2(C)CC2)c1N. The predicted octanol–water partition coefficient (Wildman–Crippen LogP) is 2.00. The molecular weight excluding hydrogens is 230 g/mol. The Morgan fingerprint density at radius 2 is 2.17 bits per heavy atom. The molecule has 100 valence electrons. The maximum Gasteiger partial charge on any atom is 0.360 e. The number of esters is 1. The highest BCUT2D eigenvalue weighted by molar-refractivity contribution is 5.92. The molecule has 5 nitrogen and oxygen atoms in total. The number of imidazole rings is 1. The van der Waals surface area contributed by atoms with E-state index < -0.39 is 5.97 Å². The lowest BCUT2D eigenvalue weighted by Gasteiger charge is -2.13. The van der Waals surface area contributed by atoms with Gasteiger partial charge < -0.3 is 15.0 Å². The van der Waals surface area contributed by atoms with Crippen LogP contribution in [-0.4, -0.2) is 22.1 Å². The number of rotatable bonds is 5. The van der Waals surface area contributed by atoms with Crippen molar-refractivity contribution < 1.29 is 9.53 Å². The zero-order chi connectivity index (χ0) is 13.3. The van der Waals surface area contributed by atoms with E-state index in [2.05, 4.69) is 11.9 Å². The van der Waals surface area contributed by atoms with Crippen molar-refractivity contribution in [3.05, 3.63) is 11.5 Å². The molecule has 0 unspecified atom stereocenters. The molecule has 0 aliphatic heterocycles. The van der Waals surface area contributed by atoms with Gasteiger partial charge >= 0.3 is 5.97 Å². The third-order valence-electron chi connectivity index (χ3n) is 3.51. The third-order valence-corrected chi connectivity index (χ3v) is 3.51. The first kappa shape index (κ1) is 12.9. The first-order valence-electron chi connectivity index (χ1n) is 6.52. The van der Waals surface area contributed by atoms with Crippen molar-refractivity contribution in [1.29, 1.82) is 0 Å². The molecule has 0 saturated heterocycles. The van der Waals surface area contributed by atoms with Crippen molar-refractivity contribution in [2.45, 2.75) is 46.6 Å². The number of nitrogen functional groups attached to an aromatic ring is 1. The second-order valence-electron chi connectivity index (χ2n) is 5.23. The predicted molar refractivity (Wildman–Crippen MR) is 69.3 cm³/mol. The van der Waals surface area contributed by atoms with Gasteiger partial charge in [-0.2, -0.15) is 0 Å². The van der Waals surface area contributed by atoms with Crippen molar-refractivity contribution in [3.8, 4) is 0 Å². The number of aromatic nitrogens is 2. The second kappa shape index (κ2) is 4.63. The molecule has 1 fully saturated rings. The topological polar surface area (TPSA) is 70.1 Å².